The summed E-state index contributed by atoms with van der Waals surface area (Å²) in [6.45, 7) is 5.02. The maximum absolute atomic E-state index is 12.3. The predicted octanol–water partition coefficient (Wildman–Crippen LogP) is 9.04. The normalized spacial score (nSPS) is 24.8. The SMILES string of the molecule is CCOC(=O)c1ccc2cc(-c3cc(C45CC6CC(CC(C6)C4)C5)c(OCc4ccccc4)cc3C)ccc2c1. The molecule has 0 amide bonds. The van der Waals surface area contributed by atoms with Crippen LogP contribution in [-0.4, -0.2) is 12.6 Å². The van der Waals surface area contributed by atoms with Gasteiger partial charge in [-0.25, -0.2) is 4.79 Å². The Balaban J connectivity index is 1.29. The summed E-state index contributed by atoms with van der Waals surface area (Å²) in [6, 6.07) is 27.8. The van der Waals surface area contributed by atoms with E-state index in [2.05, 4.69) is 67.6 Å². The number of carbonyl (C=O) groups excluding carboxylic acids is 1. The highest BCUT2D eigenvalue weighted by Crippen LogP contribution is 2.62. The summed E-state index contributed by atoms with van der Waals surface area (Å²) in [7, 11) is 0. The van der Waals surface area contributed by atoms with Gasteiger partial charge in [0.1, 0.15) is 12.4 Å². The first-order valence-corrected chi connectivity index (χ1v) is 15.0. The fourth-order valence-corrected chi connectivity index (χ4v) is 8.46. The number of carbonyl (C=O) groups is 1. The van der Waals surface area contributed by atoms with Crippen LogP contribution in [0, 0.1) is 24.7 Å². The molecule has 0 atom stereocenters. The third-order valence-corrected chi connectivity index (χ3v) is 9.84. The number of aryl methyl sites for hydroxylation is 1. The lowest BCUT2D eigenvalue weighted by Gasteiger charge is -2.57. The first-order chi connectivity index (χ1) is 19.5. The Morgan fingerprint density at radius 3 is 2.20 bits per heavy atom. The van der Waals surface area contributed by atoms with E-state index in [9.17, 15) is 4.79 Å². The van der Waals surface area contributed by atoms with Crippen molar-refractivity contribution >= 4 is 16.7 Å². The summed E-state index contributed by atoms with van der Waals surface area (Å²) in [4.78, 5) is 12.3. The molecule has 4 aliphatic rings. The van der Waals surface area contributed by atoms with Crippen molar-refractivity contribution in [1.29, 1.82) is 0 Å². The second-order valence-corrected chi connectivity index (χ2v) is 12.6. The van der Waals surface area contributed by atoms with Crippen LogP contribution < -0.4 is 4.74 Å². The van der Waals surface area contributed by atoms with Gasteiger partial charge in [0.15, 0.2) is 0 Å². The molecule has 3 heteroatoms. The van der Waals surface area contributed by atoms with Gasteiger partial charge in [-0.1, -0.05) is 48.5 Å². The molecule has 0 radical (unpaired) electrons. The predicted molar refractivity (Wildman–Crippen MR) is 161 cm³/mol. The maximum atomic E-state index is 12.3. The van der Waals surface area contributed by atoms with Crippen LogP contribution in [0.4, 0.5) is 0 Å². The largest absolute Gasteiger partial charge is 0.489 e. The summed E-state index contributed by atoms with van der Waals surface area (Å²) in [5.41, 5.74) is 7.21. The molecule has 4 aromatic carbocycles. The molecule has 0 spiro atoms. The molecule has 4 saturated carbocycles. The van der Waals surface area contributed by atoms with Gasteiger partial charge in [0.25, 0.3) is 0 Å². The Bertz CT molecular complexity index is 1530. The Kier molecular flexibility index (Phi) is 6.41. The lowest BCUT2D eigenvalue weighted by molar-refractivity contribution is -0.00646. The monoisotopic (exact) mass is 530 g/mol. The second-order valence-electron chi connectivity index (χ2n) is 12.6. The van der Waals surface area contributed by atoms with E-state index in [-0.39, 0.29) is 11.4 Å². The zero-order valence-electron chi connectivity index (χ0n) is 23.6. The van der Waals surface area contributed by atoms with Crippen LogP contribution in [0.15, 0.2) is 78.9 Å². The quantitative estimate of drug-likeness (QED) is 0.224. The van der Waals surface area contributed by atoms with Crippen LogP contribution in [-0.2, 0) is 16.8 Å². The first kappa shape index (κ1) is 25.4. The average Bonchev–Trinajstić information content (AvgIpc) is 2.95. The number of rotatable bonds is 7. The van der Waals surface area contributed by atoms with Gasteiger partial charge in [-0.05, 0) is 139 Å². The molecule has 4 aliphatic carbocycles. The maximum Gasteiger partial charge on any atom is 0.338 e. The van der Waals surface area contributed by atoms with Gasteiger partial charge < -0.3 is 9.47 Å². The highest BCUT2D eigenvalue weighted by Gasteiger charge is 2.52. The van der Waals surface area contributed by atoms with E-state index in [0.717, 1.165) is 34.3 Å². The summed E-state index contributed by atoms with van der Waals surface area (Å²) in [5.74, 6) is 3.41. The fourth-order valence-electron chi connectivity index (χ4n) is 8.46. The summed E-state index contributed by atoms with van der Waals surface area (Å²) < 4.78 is 11.9. The van der Waals surface area contributed by atoms with E-state index >= 15 is 0 Å². The van der Waals surface area contributed by atoms with Crippen LogP contribution in [0.5, 0.6) is 5.75 Å². The molecule has 8 rings (SSSR count). The highest BCUT2D eigenvalue weighted by atomic mass is 16.5. The molecule has 40 heavy (non-hydrogen) atoms. The minimum atomic E-state index is -0.268. The van der Waals surface area contributed by atoms with Crippen LogP contribution >= 0.6 is 0 Å². The van der Waals surface area contributed by atoms with E-state index in [1.54, 1.807) is 0 Å². The molecule has 0 N–H and O–H groups in total. The Morgan fingerprint density at radius 1 is 0.825 bits per heavy atom. The van der Waals surface area contributed by atoms with Gasteiger partial charge in [-0.3, -0.25) is 0 Å². The molecule has 0 unspecified atom stereocenters. The number of hydrogen-bond acceptors (Lipinski definition) is 3. The van der Waals surface area contributed by atoms with Crippen LogP contribution in [0.25, 0.3) is 21.9 Å². The molecule has 4 fully saturated rings. The van der Waals surface area contributed by atoms with Gasteiger partial charge in [0.05, 0.1) is 12.2 Å². The lowest BCUT2D eigenvalue weighted by atomic mass is 9.48. The van der Waals surface area contributed by atoms with Crippen molar-refractivity contribution in [3.8, 4) is 16.9 Å². The topological polar surface area (TPSA) is 35.5 Å². The molecular weight excluding hydrogens is 492 g/mol. The molecule has 204 valence electrons. The third kappa shape index (κ3) is 4.60. The molecule has 0 aromatic heterocycles. The molecule has 3 nitrogen and oxygen atoms in total. The van der Waals surface area contributed by atoms with E-state index < -0.39 is 0 Å². The minimum Gasteiger partial charge on any atom is -0.489 e. The van der Waals surface area contributed by atoms with Crippen LogP contribution in [0.1, 0.15) is 72.5 Å². The Labute approximate surface area is 237 Å². The molecular formula is C37H38O3. The van der Waals surface area contributed by atoms with Crippen LogP contribution in [0.3, 0.4) is 0 Å². The van der Waals surface area contributed by atoms with Crippen molar-refractivity contribution in [2.75, 3.05) is 6.61 Å². The zero-order valence-corrected chi connectivity index (χ0v) is 23.6. The number of esters is 1. The number of ether oxygens (including phenoxy) is 2. The molecule has 0 aliphatic heterocycles. The standard InChI is InChI=1S/C37H38O3/c1-3-39-36(38)32-12-10-29-17-31(11-9-30(29)18-32)33-19-34(37-20-26-14-27(21-37)16-28(15-26)22-37)35(13-24(33)2)40-23-25-7-5-4-6-8-25/h4-13,17-19,26-28H,3,14-16,20-23H2,1-2H3. The van der Waals surface area contributed by atoms with Gasteiger partial charge >= 0.3 is 5.97 Å². The van der Waals surface area contributed by atoms with Gasteiger partial charge in [-0.2, -0.15) is 0 Å². The average molecular weight is 531 g/mol. The van der Waals surface area contributed by atoms with Crippen LogP contribution in [0.2, 0.25) is 0 Å². The highest BCUT2D eigenvalue weighted by molar-refractivity contribution is 5.96. The smallest absolute Gasteiger partial charge is 0.338 e. The van der Waals surface area contributed by atoms with Gasteiger partial charge in [0.2, 0.25) is 0 Å². The van der Waals surface area contributed by atoms with Crippen molar-refractivity contribution in [1.82, 2.24) is 0 Å². The minimum absolute atomic E-state index is 0.231. The summed E-state index contributed by atoms with van der Waals surface area (Å²) in [5, 5.41) is 2.18. The number of hydrogen-bond donors (Lipinski definition) is 0. The van der Waals surface area contributed by atoms with Crippen molar-refractivity contribution in [3.05, 3.63) is 101 Å². The Morgan fingerprint density at radius 2 is 1.50 bits per heavy atom. The fraction of sp³-hybridized carbons (Fsp3) is 0.378. The zero-order chi connectivity index (χ0) is 27.3. The summed E-state index contributed by atoms with van der Waals surface area (Å²) >= 11 is 0. The lowest BCUT2D eigenvalue weighted by Crippen LogP contribution is -2.48. The number of benzene rings is 4. The second kappa shape index (κ2) is 10.1. The van der Waals surface area contributed by atoms with E-state index in [1.807, 2.05) is 25.1 Å². The van der Waals surface area contributed by atoms with E-state index in [4.69, 9.17) is 9.47 Å². The molecule has 0 saturated heterocycles. The first-order valence-electron chi connectivity index (χ1n) is 15.0. The van der Waals surface area contributed by atoms with Gasteiger partial charge in [-0.15, -0.1) is 0 Å². The van der Waals surface area contributed by atoms with Crippen molar-refractivity contribution in [2.45, 2.75) is 64.4 Å². The van der Waals surface area contributed by atoms with Crippen molar-refractivity contribution < 1.29 is 14.3 Å². The summed E-state index contributed by atoms with van der Waals surface area (Å²) in [6.07, 6.45) is 8.19. The third-order valence-electron chi connectivity index (χ3n) is 9.84. The molecule has 0 heterocycles. The van der Waals surface area contributed by atoms with E-state index in [1.165, 1.54) is 66.3 Å². The van der Waals surface area contributed by atoms with E-state index in [0.29, 0.717) is 18.8 Å². The van der Waals surface area contributed by atoms with Crippen molar-refractivity contribution in [2.24, 2.45) is 17.8 Å². The van der Waals surface area contributed by atoms with Gasteiger partial charge in [0, 0.05) is 5.56 Å². The van der Waals surface area contributed by atoms with Crippen molar-refractivity contribution in [3.63, 3.8) is 0 Å². The Hall–Kier alpha value is -3.59. The number of fused-ring (bicyclic) bond motifs is 1. The molecule has 4 bridgehead atoms. The molecule has 4 aromatic rings.